The van der Waals surface area contributed by atoms with E-state index >= 15 is 0 Å². The van der Waals surface area contributed by atoms with Gasteiger partial charge < -0.3 is 5.32 Å². The molecular formula is C23H15F4N3O. The molecule has 1 N–H and O–H groups in total. The quantitative estimate of drug-likeness (QED) is 0.264. The van der Waals surface area contributed by atoms with Crippen molar-refractivity contribution in [2.75, 3.05) is 5.32 Å². The molecule has 0 saturated carbocycles. The Morgan fingerprint density at radius 3 is 2.26 bits per heavy atom. The average molecular weight is 425 g/mol. The van der Waals surface area contributed by atoms with Crippen molar-refractivity contribution >= 4 is 11.6 Å². The molecule has 31 heavy (non-hydrogen) atoms. The number of rotatable bonds is 5. The van der Waals surface area contributed by atoms with Crippen LogP contribution in [-0.4, -0.2) is 15.7 Å². The molecule has 1 aromatic heterocycles. The van der Waals surface area contributed by atoms with Crippen LogP contribution in [0.5, 0.6) is 0 Å². The maximum atomic E-state index is 13.8. The summed E-state index contributed by atoms with van der Waals surface area (Å²) in [5, 5.41) is 6.53. The highest BCUT2D eigenvalue weighted by atomic mass is 19.2. The molecule has 4 nitrogen and oxygen atoms in total. The van der Waals surface area contributed by atoms with Gasteiger partial charge in [0.25, 0.3) is 5.91 Å². The molecule has 0 aliphatic heterocycles. The molecule has 0 spiro atoms. The summed E-state index contributed by atoms with van der Waals surface area (Å²) in [5.41, 5.74) is 2.00. The normalized spacial score (nSPS) is 10.8. The molecule has 0 bridgehead atoms. The highest BCUT2D eigenvalue weighted by molar-refractivity contribution is 6.04. The second-order valence-electron chi connectivity index (χ2n) is 6.77. The predicted molar refractivity (Wildman–Crippen MR) is 107 cm³/mol. The summed E-state index contributed by atoms with van der Waals surface area (Å²) in [6.07, 6.45) is 2.61. The first-order valence-electron chi connectivity index (χ1n) is 9.23. The number of amides is 1. The number of aromatic nitrogens is 2. The van der Waals surface area contributed by atoms with Crippen molar-refractivity contribution in [3.05, 3.63) is 107 Å². The Bertz CT molecular complexity index is 1240. The minimum Gasteiger partial charge on any atom is -0.319 e. The third kappa shape index (κ3) is 4.32. The van der Waals surface area contributed by atoms with Crippen LogP contribution >= 0.6 is 0 Å². The molecule has 3 aromatic carbocycles. The van der Waals surface area contributed by atoms with Crippen LogP contribution in [0.3, 0.4) is 0 Å². The molecule has 4 rings (SSSR count). The van der Waals surface area contributed by atoms with Gasteiger partial charge >= 0.3 is 0 Å². The highest BCUT2D eigenvalue weighted by Gasteiger charge is 2.19. The van der Waals surface area contributed by atoms with Crippen molar-refractivity contribution in [1.29, 1.82) is 0 Å². The number of nitrogens with zero attached hydrogens (tertiary/aromatic N) is 2. The zero-order valence-electron chi connectivity index (χ0n) is 15.9. The van der Waals surface area contributed by atoms with E-state index in [2.05, 4.69) is 10.4 Å². The second kappa shape index (κ2) is 8.43. The summed E-state index contributed by atoms with van der Waals surface area (Å²) in [7, 11) is 0. The molecule has 8 heteroatoms. The molecule has 0 radical (unpaired) electrons. The first kappa shape index (κ1) is 20.3. The Morgan fingerprint density at radius 1 is 0.871 bits per heavy atom. The first-order chi connectivity index (χ1) is 14.9. The maximum absolute atomic E-state index is 13.8. The standard InChI is InChI=1S/C23H15F4N3O/c24-19-10-20(25)22(27)21(26)18(19)13-30-12-17(11-28-30)29-23(31)16-8-6-15(7-9-16)14-4-2-1-3-5-14/h1-12H,13H2,(H,29,31). The SMILES string of the molecule is O=C(Nc1cnn(Cc2c(F)cc(F)c(F)c2F)c1)c1ccc(-c2ccccc2)cc1. The van der Waals surface area contributed by atoms with Gasteiger partial charge in [0.1, 0.15) is 5.82 Å². The number of carbonyl (C=O) groups excluding carboxylic acids is 1. The van der Waals surface area contributed by atoms with E-state index in [4.69, 9.17) is 0 Å². The van der Waals surface area contributed by atoms with Crippen molar-refractivity contribution in [2.24, 2.45) is 0 Å². The monoisotopic (exact) mass is 425 g/mol. The van der Waals surface area contributed by atoms with Gasteiger partial charge in [0, 0.05) is 23.4 Å². The van der Waals surface area contributed by atoms with E-state index in [1.165, 1.54) is 12.4 Å². The third-order valence-corrected chi connectivity index (χ3v) is 4.67. The molecule has 1 heterocycles. The summed E-state index contributed by atoms with van der Waals surface area (Å²) >= 11 is 0. The maximum Gasteiger partial charge on any atom is 0.255 e. The van der Waals surface area contributed by atoms with Crippen LogP contribution in [-0.2, 0) is 6.54 Å². The van der Waals surface area contributed by atoms with Gasteiger partial charge in [-0.15, -0.1) is 0 Å². The molecule has 0 fully saturated rings. The summed E-state index contributed by atoms with van der Waals surface area (Å²) in [4.78, 5) is 12.5. The Balaban J connectivity index is 1.46. The van der Waals surface area contributed by atoms with Crippen LogP contribution in [0.2, 0.25) is 0 Å². The molecule has 1 amide bonds. The van der Waals surface area contributed by atoms with Crippen molar-refractivity contribution in [3.8, 4) is 11.1 Å². The predicted octanol–water partition coefficient (Wildman–Crippen LogP) is 5.41. The van der Waals surface area contributed by atoms with E-state index in [1.54, 1.807) is 12.1 Å². The fourth-order valence-corrected chi connectivity index (χ4v) is 3.07. The number of carbonyl (C=O) groups is 1. The van der Waals surface area contributed by atoms with E-state index in [1.807, 2.05) is 42.5 Å². The van der Waals surface area contributed by atoms with Gasteiger partial charge in [0.05, 0.1) is 18.4 Å². The van der Waals surface area contributed by atoms with Crippen molar-refractivity contribution in [3.63, 3.8) is 0 Å². The number of hydrogen-bond acceptors (Lipinski definition) is 2. The van der Waals surface area contributed by atoms with Gasteiger partial charge in [-0.25, -0.2) is 17.6 Å². The third-order valence-electron chi connectivity index (χ3n) is 4.67. The van der Waals surface area contributed by atoms with Crippen LogP contribution in [0.15, 0.2) is 73.1 Å². The largest absolute Gasteiger partial charge is 0.319 e. The van der Waals surface area contributed by atoms with E-state index < -0.39 is 41.3 Å². The summed E-state index contributed by atoms with van der Waals surface area (Å²) in [6.45, 7) is -0.476. The van der Waals surface area contributed by atoms with Gasteiger partial charge in [0.2, 0.25) is 0 Å². The van der Waals surface area contributed by atoms with Gasteiger partial charge in [-0.1, -0.05) is 42.5 Å². The van der Waals surface area contributed by atoms with Crippen molar-refractivity contribution < 1.29 is 22.4 Å². The molecule has 0 unspecified atom stereocenters. The van der Waals surface area contributed by atoms with Crippen LogP contribution in [0, 0.1) is 23.3 Å². The zero-order chi connectivity index (χ0) is 22.0. The fourth-order valence-electron chi connectivity index (χ4n) is 3.07. The van der Waals surface area contributed by atoms with Crippen molar-refractivity contribution in [1.82, 2.24) is 9.78 Å². The Labute approximate surface area is 174 Å². The first-order valence-corrected chi connectivity index (χ1v) is 9.23. The fraction of sp³-hybridized carbons (Fsp3) is 0.0435. The number of nitrogens with one attached hydrogen (secondary N) is 1. The van der Waals surface area contributed by atoms with Crippen LogP contribution in [0.1, 0.15) is 15.9 Å². The summed E-state index contributed by atoms with van der Waals surface area (Å²) in [6, 6.07) is 17.0. The lowest BCUT2D eigenvalue weighted by molar-refractivity contribution is 0.102. The molecule has 4 aromatic rings. The van der Waals surface area contributed by atoms with E-state index in [0.29, 0.717) is 5.56 Å². The summed E-state index contributed by atoms with van der Waals surface area (Å²) in [5.74, 6) is -6.60. The Kier molecular flexibility index (Phi) is 5.53. The number of hydrogen-bond donors (Lipinski definition) is 1. The Morgan fingerprint density at radius 2 is 1.55 bits per heavy atom. The van der Waals surface area contributed by atoms with E-state index in [9.17, 15) is 22.4 Å². The van der Waals surface area contributed by atoms with Gasteiger partial charge in [-0.05, 0) is 23.3 Å². The number of halogens is 4. The molecular weight excluding hydrogens is 410 g/mol. The van der Waals surface area contributed by atoms with Gasteiger partial charge in [-0.3, -0.25) is 9.48 Å². The van der Waals surface area contributed by atoms with Crippen molar-refractivity contribution in [2.45, 2.75) is 6.54 Å². The Hall–Kier alpha value is -3.94. The van der Waals surface area contributed by atoms with Crippen LogP contribution < -0.4 is 5.32 Å². The lowest BCUT2D eigenvalue weighted by Crippen LogP contribution is -2.11. The molecule has 0 saturated heterocycles. The minimum atomic E-state index is -1.75. The second-order valence-corrected chi connectivity index (χ2v) is 6.77. The molecule has 0 atom stereocenters. The lowest BCUT2D eigenvalue weighted by atomic mass is 10.0. The average Bonchev–Trinajstić information content (AvgIpc) is 3.23. The minimum absolute atomic E-state index is 0.277. The van der Waals surface area contributed by atoms with Crippen LogP contribution in [0.25, 0.3) is 11.1 Å². The van der Waals surface area contributed by atoms with Crippen LogP contribution in [0.4, 0.5) is 23.2 Å². The van der Waals surface area contributed by atoms with E-state index in [0.717, 1.165) is 15.8 Å². The topological polar surface area (TPSA) is 46.9 Å². The number of benzene rings is 3. The van der Waals surface area contributed by atoms with E-state index in [-0.39, 0.29) is 11.8 Å². The molecule has 156 valence electrons. The molecule has 0 aliphatic rings. The van der Waals surface area contributed by atoms with Gasteiger partial charge in [0.15, 0.2) is 17.5 Å². The molecule has 0 aliphatic carbocycles. The zero-order valence-corrected chi connectivity index (χ0v) is 15.9. The lowest BCUT2D eigenvalue weighted by Gasteiger charge is -2.07. The highest BCUT2D eigenvalue weighted by Crippen LogP contribution is 2.22. The smallest absolute Gasteiger partial charge is 0.255 e. The number of anilines is 1. The summed E-state index contributed by atoms with van der Waals surface area (Å²) < 4.78 is 55.2. The van der Waals surface area contributed by atoms with Gasteiger partial charge in [-0.2, -0.15) is 5.10 Å².